The van der Waals surface area contributed by atoms with Gasteiger partial charge in [0.1, 0.15) is 0 Å². The fourth-order valence-corrected chi connectivity index (χ4v) is 2.88. The molecule has 0 radical (unpaired) electrons. The molecule has 0 atom stereocenters. The number of hydrogen-bond acceptors (Lipinski definition) is 2. The Morgan fingerprint density at radius 1 is 1.24 bits per heavy atom. The molecule has 3 nitrogen and oxygen atoms in total. The predicted octanol–water partition coefficient (Wildman–Crippen LogP) is 3.02. The van der Waals surface area contributed by atoms with Crippen LogP contribution >= 0.6 is 0 Å². The third-order valence-corrected chi connectivity index (χ3v) is 4.07. The molecule has 1 aromatic rings. The molecule has 0 N–H and O–H groups in total. The van der Waals surface area contributed by atoms with Crippen LogP contribution < -0.4 is 5.56 Å². The summed E-state index contributed by atoms with van der Waals surface area (Å²) in [7, 11) is 0. The minimum atomic E-state index is 0.0340. The van der Waals surface area contributed by atoms with Crippen LogP contribution in [0.2, 0.25) is 0 Å². The first kappa shape index (κ1) is 12.3. The zero-order valence-electron chi connectivity index (χ0n) is 11.0. The van der Waals surface area contributed by atoms with Gasteiger partial charge in [-0.1, -0.05) is 20.8 Å². The fourth-order valence-electron chi connectivity index (χ4n) is 2.88. The molecule has 1 aromatic heterocycles. The van der Waals surface area contributed by atoms with Crippen LogP contribution in [0.25, 0.3) is 0 Å². The monoisotopic (exact) mass is 234 g/mol. The Morgan fingerprint density at radius 3 is 2.41 bits per heavy atom. The van der Waals surface area contributed by atoms with Gasteiger partial charge in [0.15, 0.2) is 0 Å². The summed E-state index contributed by atoms with van der Waals surface area (Å²) in [4.78, 5) is 15.6. The SMILES string of the molecule is CC(C)(C)C1CCC(n2ccncc2=O)CC1. The van der Waals surface area contributed by atoms with Gasteiger partial charge in [0.25, 0.3) is 5.56 Å². The lowest BCUT2D eigenvalue weighted by molar-refractivity contribution is 0.151. The van der Waals surface area contributed by atoms with E-state index in [2.05, 4.69) is 25.8 Å². The summed E-state index contributed by atoms with van der Waals surface area (Å²) in [5.41, 5.74) is 0.431. The highest BCUT2D eigenvalue weighted by Gasteiger charge is 2.30. The molecule has 17 heavy (non-hydrogen) atoms. The van der Waals surface area contributed by atoms with E-state index in [0.717, 1.165) is 18.8 Å². The van der Waals surface area contributed by atoms with Crippen LogP contribution in [0.5, 0.6) is 0 Å². The zero-order chi connectivity index (χ0) is 12.5. The second-order valence-corrected chi connectivity index (χ2v) is 6.19. The van der Waals surface area contributed by atoms with E-state index in [0.29, 0.717) is 11.5 Å². The van der Waals surface area contributed by atoms with E-state index >= 15 is 0 Å². The van der Waals surface area contributed by atoms with Crippen molar-refractivity contribution in [1.29, 1.82) is 0 Å². The van der Waals surface area contributed by atoms with Gasteiger partial charge in [-0.15, -0.1) is 0 Å². The Hall–Kier alpha value is -1.12. The van der Waals surface area contributed by atoms with Crippen molar-refractivity contribution in [3.05, 3.63) is 28.9 Å². The Bertz CT molecular complexity index is 422. The highest BCUT2D eigenvalue weighted by molar-refractivity contribution is 4.89. The Labute approximate surface area is 103 Å². The molecule has 0 aliphatic heterocycles. The van der Waals surface area contributed by atoms with Gasteiger partial charge in [0.2, 0.25) is 0 Å². The van der Waals surface area contributed by atoms with Crippen molar-refractivity contribution < 1.29 is 0 Å². The van der Waals surface area contributed by atoms with Gasteiger partial charge in [-0.2, -0.15) is 0 Å². The maximum Gasteiger partial charge on any atom is 0.269 e. The van der Waals surface area contributed by atoms with E-state index in [1.807, 2.05) is 10.8 Å². The Balaban J connectivity index is 2.05. The topological polar surface area (TPSA) is 34.9 Å². The van der Waals surface area contributed by atoms with Gasteiger partial charge in [-0.25, -0.2) is 0 Å². The Kier molecular flexibility index (Phi) is 3.36. The predicted molar refractivity (Wildman–Crippen MR) is 68.9 cm³/mol. The van der Waals surface area contributed by atoms with Crippen LogP contribution in [0, 0.1) is 11.3 Å². The number of nitrogens with zero attached hydrogens (tertiary/aromatic N) is 2. The second-order valence-electron chi connectivity index (χ2n) is 6.19. The minimum absolute atomic E-state index is 0.0340. The molecular weight excluding hydrogens is 212 g/mol. The first-order chi connectivity index (χ1) is 7.98. The van der Waals surface area contributed by atoms with E-state index in [-0.39, 0.29) is 5.56 Å². The zero-order valence-corrected chi connectivity index (χ0v) is 11.0. The molecule has 1 saturated carbocycles. The van der Waals surface area contributed by atoms with Gasteiger partial charge in [-0.3, -0.25) is 9.78 Å². The second kappa shape index (κ2) is 4.63. The van der Waals surface area contributed by atoms with Crippen LogP contribution in [-0.2, 0) is 0 Å². The van der Waals surface area contributed by atoms with Crippen molar-refractivity contribution in [2.24, 2.45) is 11.3 Å². The molecule has 1 aliphatic carbocycles. The molecule has 2 rings (SSSR count). The lowest BCUT2D eigenvalue weighted by Gasteiger charge is -2.37. The minimum Gasteiger partial charge on any atom is -0.310 e. The fraction of sp³-hybridized carbons (Fsp3) is 0.714. The molecule has 1 heterocycles. The van der Waals surface area contributed by atoms with Crippen molar-refractivity contribution >= 4 is 0 Å². The van der Waals surface area contributed by atoms with Crippen molar-refractivity contribution in [2.45, 2.75) is 52.5 Å². The molecule has 1 aliphatic rings. The summed E-state index contributed by atoms with van der Waals surface area (Å²) in [6.07, 6.45) is 9.63. The summed E-state index contributed by atoms with van der Waals surface area (Å²) in [6, 6.07) is 0.379. The molecule has 0 aromatic carbocycles. The van der Waals surface area contributed by atoms with Crippen LogP contribution in [0.4, 0.5) is 0 Å². The quantitative estimate of drug-likeness (QED) is 0.748. The first-order valence-electron chi connectivity index (χ1n) is 6.50. The molecule has 0 spiro atoms. The molecule has 94 valence electrons. The van der Waals surface area contributed by atoms with Crippen molar-refractivity contribution in [3.63, 3.8) is 0 Å². The lowest BCUT2D eigenvalue weighted by atomic mass is 9.71. The van der Waals surface area contributed by atoms with Gasteiger partial charge < -0.3 is 4.57 Å². The Morgan fingerprint density at radius 2 is 1.88 bits per heavy atom. The van der Waals surface area contributed by atoms with Gasteiger partial charge in [0.05, 0.1) is 6.20 Å². The van der Waals surface area contributed by atoms with Crippen LogP contribution in [-0.4, -0.2) is 9.55 Å². The summed E-state index contributed by atoms with van der Waals surface area (Å²) in [5, 5.41) is 0. The average Bonchev–Trinajstić information content (AvgIpc) is 2.29. The third kappa shape index (κ3) is 2.76. The first-order valence-corrected chi connectivity index (χ1v) is 6.50. The van der Waals surface area contributed by atoms with Crippen LogP contribution in [0.15, 0.2) is 23.4 Å². The van der Waals surface area contributed by atoms with Gasteiger partial charge >= 0.3 is 0 Å². The maximum absolute atomic E-state index is 11.7. The molecule has 3 heteroatoms. The van der Waals surface area contributed by atoms with E-state index < -0.39 is 0 Å². The normalized spacial score (nSPS) is 25.8. The molecule has 0 amide bonds. The van der Waals surface area contributed by atoms with Crippen LogP contribution in [0.3, 0.4) is 0 Å². The number of aromatic nitrogens is 2. The maximum atomic E-state index is 11.7. The molecule has 0 unspecified atom stereocenters. The van der Waals surface area contributed by atoms with Gasteiger partial charge in [0, 0.05) is 18.4 Å². The van der Waals surface area contributed by atoms with E-state index in [1.165, 1.54) is 19.0 Å². The summed E-state index contributed by atoms with van der Waals surface area (Å²) in [5.74, 6) is 0.788. The van der Waals surface area contributed by atoms with E-state index in [1.54, 1.807) is 6.20 Å². The highest BCUT2D eigenvalue weighted by atomic mass is 16.1. The van der Waals surface area contributed by atoms with Crippen molar-refractivity contribution in [2.75, 3.05) is 0 Å². The van der Waals surface area contributed by atoms with Gasteiger partial charge in [-0.05, 0) is 37.0 Å². The van der Waals surface area contributed by atoms with Crippen molar-refractivity contribution in [1.82, 2.24) is 9.55 Å². The smallest absolute Gasteiger partial charge is 0.269 e. The summed E-state index contributed by atoms with van der Waals surface area (Å²) < 4.78 is 1.85. The molecule has 1 fully saturated rings. The largest absolute Gasteiger partial charge is 0.310 e. The highest BCUT2D eigenvalue weighted by Crippen LogP contribution is 2.40. The summed E-state index contributed by atoms with van der Waals surface area (Å²) >= 11 is 0. The van der Waals surface area contributed by atoms with Crippen molar-refractivity contribution in [3.8, 4) is 0 Å². The number of hydrogen-bond donors (Lipinski definition) is 0. The standard InChI is InChI=1S/C14H22N2O/c1-14(2,3)11-4-6-12(7-5-11)16-9-8-15-10-13(16)17/h8-12H,4-7H2,1-3H3. The third-order valence-electron chi connectivity index (χ3n) is 4.07. The average molecular weight is 234 g/mol. The number of rotatable bonds is 1. The van der Waals surface area contributed by atoms with E-state index in [4.69, 9.17) is 0 Å². The lowest BCUT2D eigenvalue weighted by Crippen LogP contribution is -2.31. The molecule has 0 bridgehead atoms. The van der Waals surface area contributed by atoms with Crippen LogP contribution in [0.1, 0.15) is 52.5 Å². The van der Waals surface area contributed by atoms with E-state index in [9.17, 15) is 4.79 Å². The summed E-state index contributed by atoms with van der Waals surface area (Å²) in [6.45, 7) is 6.95. The molecular formula is C14H22N2O. The molecule has 0 saturated heterocycles.